The Bertz CT molecular complexity index is 651. The first-order valence-corrected chi connectivity index (χ1v) is 10.2. The standard InChI is InChI=1S/C22H34O5/c1-14-7-8-17-20(3,4)18(26-15(2)23)10-11-21(17,5)22(14)12-9-16(27-22)13-19(24)25-6/h13-14,17-18H,7-12H2,1-6H3. The van der Waals surface area contributed by atoms with E-state index >= 15 is 0 Å². The molecule has 0 aromatic rings. The van der Waals surface area contributed by atoms with Crippen LogP contribution in [0.3, 0.4) is 0 Å². The van der Waals surface area contributed by atoms with E-state index in [1.807, 2.05) is 0 Å². The van der Waals surface area contributed by atoms with Crippen molar-refractivity contribution >= 4 is 11.9 Å². The van der Waals surface area contributed by atoms with Crippen molar-refractivity contribution in [1.82, 2.24) is 0 Å². The Morgan fingerprint density at radius 1 is 1.15 bits per heavy atom. The second-order valence-electron chi connectivity index (χ2n) is 9.53. The molecule has 5 atom stereocenters. The lowest BCUT2D eigenvalue weighted by Crippen LogP contribution is -2.64. The van der Waals surface area contributed by atoms with E-state index in [9.17, 15) is 9.59 Å². The lowest BCUT2D eigenvalue weighted by Gasteiger charge is -2.64. The second-order valence-corrected chi connectivity index (χ2v) is 9.53. The number of fused-ring (bicyclic) bond motifs is 2. The number of carbonyl (C=O) groups is 2. The molecule has 0 aromatic heterocycles. The molecule has 5 heteroatoms. The van der Waals surface area contributed by atoms with Crippen molar-refractivity contribution in [3.8, 4) is 0 Å². The number of ether oxygens (including phenoxy) is 3. The largest absolute Gasteiger partial charge is 0.490 e. The normalized spacial score (nSPS) is 41.7. The molecule has 1 saturated heterocycles. The summed E-state index contributed by atoms with van der Waals surface area (Å²) in [5.74, 6) is 1.01. The molecule has 1 spiro atoms. The highest BCUT2D eigenvalue weighted by molar-refractivity contribution is 5.82. The van der Waals surface area contributed by atoms with Gasteiger partial charge in [0.15, 0.2) is 0 Å². The van der Waals surface area contributed by atoms with Crippen LogP contribution in [-0.4, -0.2) is 30.8 Å². The van der Waals surface area contributed by atoms with Crippen LogP contribution in [0.5, 0.6) is 0 Å². The van der Waals surface area contributed by atoms with E-state index in [1.165, 1.54) is 20.1 Å². The van der Waals surface area contributed by atoms with Gasteiger partial charge < -0.3 is 14.2 Å². The van der Waals surface area contributed by atoms with E-state index in [-0.39, 0.29) is 34.5 Å². The first-order chi connectivity index (χ1) is 12.6. The van der Waals surface area contributed by atoms with Crippen molar-refractivity contribution in [2.24, 2.45) is 22.7 Å². The number of hydrogen-bond donors (Lipinski definition) is 0. The van der Waals surface area contributed by atoms with Crippen molar-refractivity contribution in [1.29, 1.82) is 0 Å². The third-order valence-corrected chi connectivity index (χ3v) is 7.92. The van der Waals surface area contributed by atoms with Gasteiger partial charge in [-0.2, -0.15) is 0 Å². The Balaban J connectivity index is 1.95. The average molecular weight is 379 g/mol. The Hall–Kier alpha value is -1.52. The minimum Gasteiger partial charge on any atom is -0.490 e. The zero-order valence-electron chi connectivity index (χ0n) is 17.6. The summed E-state index contributed by atoms with van der Waals surface area (Å²) in [4.78, 5) is 23.3. The molecule has 3 aliphatic rings. The van der Waals surface area contributed by atoms with Gasteiger partial charge in [0, 0.05) is 24.2 Å². The molecule has 0 amide bonds. The van der Waals surface area contributed by atoms with Gasteiger partial charge in [0.1, 0.15) is 17.5 Å². The average Bonchev–Trinajstić information content (AvgIpc) is 3.01. The highest BCUT2D eigenvalue weighted by Crippen LogP contribution is 2.67. The van der Waals surface area contributed by atoms with Crippen LogP contribution in [0, 0.1) is 22.7 Å². The topological polar surface area (TPSA) is 61.8 Å². The minimum atomic E-state index is -0.355. The molecule has 5 nitrogen and oxygen atoms in total. The first-order valence-electron chi connectivity index (χ1n) is 10.2. The maximum atomic E-state index is 11.7. The summed E-state index contributed by atoms with van der Waals surface area (Å²) in [6.07, 6.45) is 7.18. The van der Waals surface area contributed by atoms with Gasteiger partial charge in [-0.3, -0.25) is 4.79 Å². The third-order valence-electron chi connectivity index (χ3n) is 7.92. The molecule has 3 rings (SSSR count). The number of hydrogen-bond acceptors (Lipinski definition) is 5. The maximum Gasteiger partial charge on any atom is 0.333 e. The molecule has 0 bridgehead atoms. The lowest BCUT2D eigenvalue weighted by atomic mass is 9.44. The summed E-state index contributed by atoms with van der Waals surface area (Å²) >= 11 is 0. The molecule has 0 aromatic carbocycles. The van der Waals surface area contributed by atoms with Crippen molar-refractivity contribution in [2.45, 2.75) is 84.8 Å². The summed E-state index contributed by atoms with van der Waals surface area (Å²) in [6, 6.07) is 0. The van der Waals surface area contributed by atoms with Crippen molar-refractivity contribution in [2.75, 3.05) is 7.11 Å². The predicted octanol–water partition coefficient (Wildman–Crippen LogP) is 4.40. The van der Waals surface area contributed by atoms with Crippen LogP contribution < -0.4 is 0 Å². The highest BCUT2D eigenvalue weighted by atomic mass is 16.5. The third kappa shape index (κ3) is 3.07. The molecule has 1 aliphatic heterocycles. The smallest absolute Gasteiger partial charge is 0.333 e. The van der Waals surface area contributed by atoms with Crippen LogP contribution in [0.25, 0.3) is 0 Å². The monoisotopic (exact) mass is 378 g/mol. The first kappa shape index (κ1) is 20.2. The number of allylic oxidation sites excluding steroid dienone is 1. The van der Waals surface area contributed by atoms with E-state index in [1.54, 1.807) is 0 Å². The quantitative estimate of drug-likeness (QED) is 0.526. The summed E-state index contributed by atoms with van der Waals surface area (Å²) in [7, 11) is 1.39. The fraction of sp³-hybridized carbons (Fsp3) is 0.818. The van der Waals surface area contributed by atoms with Gasteiger partial charge in [-0.25, -0.2) is 4.79 Å². The van der Waals surface area contributed by atoms with Crippen molar-refractivity contribution < 1.29 is 23.8 Å². The van der Waals surface area contributed by atoms with Gasteiger partial charge >= 0.3 is 11.9 Å². The number of esters is 2. The predicted molar refractivity (Wildman–Crippen MR) is 102 cm³/mol. The molecular weight excluding hydrogens is 344 g/mol. The number of carbonyl (C=O) groups excluding carboxylic acids is 2. The fourth-order valence-electron chi connectivity index (χ4n) is 6.53. The van der Waals surface area contributed by atoms with Crippen LogP contribution in [0.15, 0.2) is 11.8 Å². The summed E-state index contributed by atoms with van der Waals surface area (Å²) in [5.41, 5.74) is -0.394. The van der Waals surface area contributed by atoms with Crippen LogP contribution in [-0.2, 0) is 23.8 Å². The lowest BCUT2D eigenvalue weighted by molar-refractivity contribution is -0.230. The van der Waals surface area contributed by atoms with Gasteiger partial charge in [-0.1, -0.05) is 27.7 Å². The molecule has 27 heavy (non-hydrogen) atoms. The summed E-state index contributed by atoms with van der Waals surface area (Å²) < 4.78 is 17.1. The van der Waals surface area contributed by atoms with Gasteiger partial charge in [0.25, 0.3) is 0 Å². The van der Waals surface area contributed by atoms with E-state index in [0.29, 0.717) is 11.8 Å². The van der Waals surface area contributed by atoms with E-state index < -0.39 is 0 Å². The van der Waals surface area contributed by atoms with Crippen LogP contribution in [0.2, 0.25) is 0 Å². The number of methoxy groups -OCH3 is 1. The molecular formula is C22H34O5. The van der Waals surface area contributed by atoms with Crippen LogP contribution in [0.4, 0.5) is 0 Å². The molecule has 0 N–H and O–H groups in total. The molecule has 0 radical (unpaired) electrons. The Morgan fingerprint density at radius 3 is 2.48 bits per heavy atom. The highest BCUT2D eigenvalue weighted by Gasteiger charge is 2.67. The minimum absolute atomic E-state index is 0.0173. The second kappa shape index (κ2) is 6.82. The SMILES string of the molecule is COC(=O)C=C1CCC2(O1)C(C)CCC1C(C)(C)C(OC(C)=O)CCC12C. The summed E-state index contributed by atoms with van der Waals surface area (Å²) in [6.45, 7) is 10.6. The Kier molecular flexibility index (Phi) is 5.11. The van der Waals surface area contributed by atoms with Gasteiger partial charge in [0.05, 0.1) is 13.2 Å². The Morgan fingerprint density at radius 2 is 1.85 bits per heavy atom. The van der Waals surface area contributed by atoms with Gasteiger partial charge in [-0.15, -0.1) is 0 Å². The van der Waals surface area contributed by atoms with Gasteiger partial charge in [0.2, 0.25) is 0 Å². The molecule has 3 fully saturated rings. The van der Waals surface area contributed by atoms with E-state index in [2.05, 4.69) is 27.7 Å². The Labute approximate surface area is 162 Å². The molecule has 2 aliphatic carbocycles. The molecule has 2 saturated carbocycles. The van der Waals surface area contributed by atoms with E-state index in [4.69, 9.17) is 14.2 Å². The molecule has 5 unspecified atom stereocenters. The zero-order valence-corrected chi connectivity index (χ0v) is 17.6. The molecule has 152 valence electrons. The van der Waals surface area contributed by atoms with Gasteiger partial charge in [-0.05, 0) is 43.9 Å². The summed E-state index contributed by atoms with van der Waals surface area (Å²) in [5, 5.41) is 0. The molecule has 1 heterocycles. The zero-order chi connectivity index (χ0) is 20.0. The van der Waals surface area contributed by atoms with Crippen molar-refractivity contribution in [3.63, 3.8) is 0 Å². The fourth-order valence-corrected chi connectivity index (χ4v) is 6.53. The van der Waals surface area contributed by atoms with Crippen molar-refractivity contribution in [3.05, 3.63) is 11.8 Å². The van der Waals surface area contributed by atoms with E-state index in [0.717, 1.165) is 44.3 Å². The van der Waals surface area contributed by atoms with Crippen LogP contribution in [0.1, 0.15) is 73.1 Å². The van der Waals surface area contributed by atoms with Crippen LogP contribution >= 0.6 is 0 Å². The maximum absolute atomic E-state index is 11.7. The number of rotatable bonds is 2.